The number of rotatable bonds is 4. The molecule has 3 aromatic rings. The maximum Gasteiger partial charge on any atom is 0.223 e. The smallest absolute Gasteiger partial charge is 0.223 e. The standard InChI is InChI=1S/C26H33N5O/c1-6-30(20-15-25(2,3)29-26(4,5)16-20)23-11-10-22-21-9-8-19(31-13-7-12-27-31)14-18(21)17-32-24(22)28-23/h7-14,20,29H,6,15-17H2,1-5H3. The van der Waals surface area contributed by atoms with Crippen molar-refractivity contribution in [2.45, 2.75) is 71.2 Å². The first-order chi connectivity index (χ1) is 15.2. The largest absolute Gasteiger partial charge is 0.472 e. The van der Waals surface area contributed by atoms with E-state index in [2.05, 4.69) is 80.3 Å². The van der Waals surface area contributed by atoms with E-state index in [-0.39, 0.29) is 11.1 Å². The van der Waals surface area contributed by atoms with Crippen LogP contribution in [0.5, 0.6) is 5.88 Å². The third-order valence-electron chi connectivity index (χ3n) is 6.60. The average molecular weight is 432 g/mol. The van der Waals surface area contributed by atoms with Gasteiger partial charge in [-0.25, -0.2) is 4.68 Å². The highest BCUT2D eigenvalue weighted by Gasteiger charge is 2.40. The Morgan fingerprint density at radius 2 is 1.84 bits per heavy atom. The van der Waals surface area contributed by atoms with E-state index < -0.39 is 0 Å². The normalized spacial score (nSPS) is 19.0. The van der Waals surface area contributed by atoms with Crippen LogP contribution in [0, 0.1) is 0 Å². The Labute approximate surface area is 190 Å². The Bertz CT molecular complexity index is 1100. The van der Waals surface area contributed by atoms with Gasteiger partial charge >= 0.3 is 0 Å². The minimum Gasteiger partial charge on any atom is -0.472 e. The molecule has 1 saturated heterocycles. The number of hydrogen-bond acceptors (Lipinski definition) is 5. The van der Waals surface area contributed by atoms with Crippen LogP contribution in [0.25, 0.3) is 16.8 Å². The Balaban J connectivity index is 1.45. The highest BCUT2D eigenvalue weighted by Crippen LogP contribution is 2.40. The minimum atomic E-state index is 0.0930. The van der Waals surface area contributed by atoms with E-state index in [4.69, 9.17) is 9.72 Å². The van der Waals surface area contributed by atoms with E-state index in [0.717, 1.165) is 47.9 Å². The molecule has 32 heavy (non-hydrogen) atoms. The second-order valence-electron chi connectivity index (χ2n) is 10.3. The van der Waals surface area contributed by atoms with Gasteiger partial charge in [0.15, 0.2) is 0 Å². The van der Waals surface area contributed by atoms with E-state index in [9.17, 15) is 0 Å². The summed E-state index contributed by atoms with van der Waals surface area (Å²) < 4.78 is 8.02. The van der Waals surface area contributed by atoms with E-state index in [1.54, 1.807) is 6.20 Å². The van der Waals surface area contributed by atoms with Crippen molar-refractivity contribution < 1.29 is 4.74 Å². The number of nitrogens with one attached hydrogen (secondary N) is 1. The molecule has 2 aliphatic rings. The molecule has 1 fully saturated rings. The Hall–Kier alpha value is -2.86. The number of benzene rings is 1. The summed E-state index contributed by atoms with van der Waals surface area (Å²) in [6.07, 6.45) is 5.92. The van der Waals surface area contributed by atoms with Crippen LogP contribution in [0.15, 0.2) is 48.8 Å². The molecule has 1 aromatic carbocycles. The van der Waals surface area contributed by atoms with Crippen molar-refractivity contribution in [3.05, 3.63) is 54.4 Å². The molecule has 0 spiro atoms. The molecule has 0 bridgehead atoms. The zero-order valence-electron chi connectivity index (χ0n) is 19.7. The van der Waals surface area contributed by atoms with Crippen LogP contribution < -0.4 is 15.0 Å². The molecule has 0 aliphatic carbocycles. The minimum absolute atomic E-state index is 0.0930. The van der Waals surface area contributed by atoms with Crippen LogP contribution in [0.1, 0.15) is 53.0 Å². The lowest BCUT2D eigenvalue weighted by Crippen LogP contribution is -2.62. The number of hydrogen-bond donors (Lipinski definition) is 1. The lowest BCUT2D eigenvalue weighted by molar-refractivity contribution is 0.158. The highest BCUT2D eigenvalue weighted by atomic mass is 16.5. The average Bonchev–Trinajstić information content (AvgIpc) is 3.26. The number of ether oxygens (including phenoxy) is 1. The van der Waals surface area contributed by atoms with Gasteiger partial charge in [0.2, 0.25) is 5.88 Å². The van der Waals surface area contributed by atoms with Gasteiger partial charge in [0.05, 0.1) is 5.69 Å². The van der Waals surface area contributed by atoms with Crippen LogP contribution in [0.3, 0.4) is 0 Å². The summed E-state index contributed by atoms with van der Waals surface area (Å²) in [7, 11) is 0. The van der Waals surface area contributed by atoms with E-state index >= 15 is 0 Å². The first-order valence-electron chi connectivity index (χ1n) is 11.6. The fourth-order valence-electron chi connectivity index (χ4n) is 5.67. The van der Waals surface area contributed by atoms with Crippen molar-refractivity contribution >= 4 is 5.82 Å². The summed E-state index contributed by atoms with van der Waals surface area (Å²) in [6.45, 7) is 12.9. The summed E-state index contributed by atoms with van der Waals surface area (Å²) in [5, 5.41) is 8.13. The van der Waals surface area contributed by atoms with E-state index in [0.29, 0.717) is 12.6 Å². The number of nitrogens with zero attached hydrogens (tertiary/aromatic N) is 4. The summed E-state index contributed by atoms with van der Waals surface area (Å²) >= 11 is 0. The first-order valence-corrected chi connectivity index (χ1v) is 11.6. The highest BCUT2D eigenvalue weighted by molar-refractivity contribution is 5.75. The fourth-order valence-corrected chi connectivity index (χ4v) is 5.67. The molecular formula is C26H33N5O. The number of aromatic nitrogens is 3. The van der Waals surface area contributed by atoms with Gasteiger partial charge in [-0.15, -0.1) is 0 Å². The molecule has 2 aliphatic heterocycles. The summed E-state index contributed by atoms with van der Waals surface area (Å²) in [5.74, 6) is 1.73. The van der Waals surface area contributed by atoms with Crippen LogP contribution in [0.2, 0.25) is 0 Å². The third kappa shape index (κ3) is 3.88. The van der Waals surface area contributed by atoms with Crippen LogP contribution in [0.4, 0.5) is 5.82 Å². The van der Waals surface area contributed by atoms with Gasteiger partial charge in [0.25, 0.3) is 0 Å². The van der Waals surface area contributed by atoms with Crippen molar-refractivity contribution in [2.24, 2.45) is 0 Å². The molecule has 0 unspecified atom stereocenters. The van der Waals surface area contributed by atoms with Gasteiger partial charge in [-0.05, 0) is 88.9 Å². The Morgan fingerprint density at radius 1 is 1.09 bits per heavy atom. The fraction of sp³-hybridized carbons (Fsp3) is 0.462. The van der Waals surface area contributed by atoms with Crippen LogP contribution in [-0.4, -0.2) is 38.4 Å². The molecule has 6 nitrogen and oxygen atoms in total. The van der Waals surface area contributed by atoms with E-state index in [1.165, 1.54) is 5.56 Å². The lowest BCUT2D eigenvalue weighted by Gasteiger charge is -2.49. The number of fused-ring (bicyclic) bond motifs is 3. The first kappa shape index (κ1) is 21.0. The topological polar surface area (TPSA) is 55.2 Å². The molecule has 4 heterocycles. The monoisotopic (exact) mass is 431 g/mol. The van der Waals surface area contributed by atoms with Gasteiger partial charge in [-0.3, -0.25) is 0 Å². The van der Waals surface area contributed by atoms with Crippen molar-refractivity contribution in [3.8, 4) is 22.7 Å². The van der Waals surface area contributed by atoms with Gasteiger partial charge in [0.1, 0.15) is 12.4 Å². The number of pyridine rings is 1. The molecule has 1 N–H and O–H groups in total. The van der Waals surface area contributed by atoms with Crippen molar-refractivity contribution in [2.75, 3.05) is 11.4 Å². The van der Waals surface area contributed by atoms with Gasteiger partial charge in [-0.1, -0.05) is 6.07 Å². The predicted octanol–water partition coefficient (Wildman–Crippen LogP) is 4.96. The third-order valence-corrected chi connectivity index (χ3v) is 6.60. The Morgan fingerprint density at radius 3 is 2.53 bits per heavy atom. The molecule has 0 atom stereocenters. The zero-order chi connectivity index (χ0) is 22.5. The van der Waals surface area contributed by atoms with E-state index in [1.807, 2.05) is 16.9 Å². The maximum absolute atomic E-state index is 6.15. The molecule has 5 rings (SSSR count). The molecule has 0 radical (unpaired) electrons. The number of piperidine rings is 1. The van der Waals surface area contributed by atoms with Gasteiger partial charge in [-0.2, -0.15) is 10.1 Å². The summed E-state index contributed by atoms with van der Waals surface area (Å²) in [5.41, 5.74) is 4.64. The molecule has 0 saturated carbocycles. The molecule has 0 amide bonds. The zero-order valence-corrected chi connectivity index (χ0v) is 19.7. The second-order valence-corrected chi connectivity index (χ2v) is 10.3. The van der Waals surface area contributed by atoms with Gasteiger partial charge in [0, 0.05) is 41.6 Å². The van der Waals surface area contributed by atoms with Crippen molar-refractivity contribution in [1.82, 2.24) is 20.1 Å². The van der Waals surface area contributed by atoms with Crippen LogP contribution >= 0.6 is 0 Å². The molecule has 168 valence electrons. The molecule has 2 aromatic heterocycles. The predicted molar refractivity (Wildman–Crippen MR) is 128 cm³/mol. The Kier molecular flexibility index (Phi) is 5.01. The lowest BCUT2D eigenvalue weighted by atomic mass is 9.79. The van der Waals surface area contributed by atoms with Gasteiger partial charge < -0.3 is 15.0 Å². The number of anilines is 1. The quantitative estimate of drug-likeness (QED) is 0.633. The SMILES string of the molecule is CCN(c1ccc2c(n1)OCc1cc(-n3cccn3)ccc1-2)C1CC(C)(C)NC(C)(C)C1. The second kappa shape index (κ2) is 7.62. The summed E-state index contributed by atoms with van der Waals surface area (Å²) in [4.78, 5) is 7.44. The van der Waals surface area contributed by atoms with Crippen molar-refractivity contribution in [1.29, 1.82) is 0 Å². The molecule has 6 heteroatoms. The summed E-state index contributed by atoms with van der Waals surface area (Å²) in [6, 6.07) is 13.1. The van der Waals surface area contributed by atoms with Crippen LogP contribution in [-0.2, 0) is 6.61 Å². The van der Waals surface area contributed by atoms with Crippen molar-refractivity contribution in [3.63, 3.8) is 0 Å². The molecular weight excluding hydrogens is 398 g/mol. The maximum atomic E-state index is 6.15.